The molecule has 0 aliphatic carbocycles. The van der Waals surface area contributed by atoms with Crippen LogP contribution in [0.5, 0.6) is 0 Å². The standard InChI is InChI=1S/C14H19N3O/c1-3-8-17(9-10-18)14-13-7-5-4-6-12(13)11(2)15-16-14/h4-7,18H,3,8-10H2,1-2H3. The fourth-order valence-corrected chi connectivity index (χ4v) is 2.17. The fraction of sp³-hybridized carbons (Fsp3) is 0.429. The number of hydrogen-bond donors (Lipinski definition) is 1. The zero-order valence-corrected chi connectivity index (χ0v) is 10.9. The number of aliphatic hydroxyl groups excluding tert-OH is 1. The highest BCUT2D eigenvalue weighted by Gasteiger charge is 2.12. The first-order valence-electron chi connectivity index (χ1n) is 6.35. The van der Waals surface area contributed by atoms with Crippen LogP contribution in [0.1, 0.15) is 19.0 Å². The third-order valence-corrected chi connectivity index (χ3v) is 3.02. The summed E-state index contributed by atoms with van der Waals surface area (Å²) in [6.45, 7) is 5.69. The number of hydrogen-bond acceptors (Lipinski definition) is 4. The van der Waals surface area contributed by atoms with Gasteiger partial charge in [0.2, 0.25) is 0 Å². The summed E-state index contributed by atoms with van der Waals surface area (Å²) in [6.07, 6.45) is 1.02. The van der Waals surface area contributed by atoms with E-state index in [1.54, 1.807) is 0 Å². The summed E-state index contributed by atoms with van der Waals surface area (Å²) < 4.78 is 0. The van der Waals surface area contributed by atoms with Gasteiger partial charge in [0.05, 0.1) is 12.3 Å². The highest BCUT2D eigenvalue weighted by molar-refractivity contribution is 5.93. The smallest absolute Gasteiger partial charge is 0.159 e. The zero-order chi connectivity index (χ0) is 13.0. The molecule has 96 valence electrons. The lowest BCUT2D eigenvalue weighted by molar-refractivity contribution is 0.301. The van der Waals surface area contributed by atoms with Gasteiger partial charge in [0.1, 0.15) is 0 Å². The summed E-state index contributed by atoms with van der Waals surface area (Å²) in [5.41, 5.74) is 0.940. The molecule has 2 aromatic rings. The van der Waals surface area contributed by atoms with Crippen molar-refractivity contribution in [3.05, 3.63) is 30.0 Å². The molecule has 0 atom stereocenters. The van der Waals surface area contributed by atoms with Crippen molar-refractivity contribution in [1.82, 2.24) is 10.2 Å². The largest absolute Gasteiger partial charge is 0.395 e. The number of anilines is 1. The van der Waals surface area contributed by atoms with Crippen LogP contribution < -0.4 is 4.90 Å². The van der Waals surface area contributed by atoms with Crippen molar-refractivity contribution in [3.8, 4) is 0 Å². The SMILES string of the molecule is CCCN(CCO)c1nnc(C)c2ccccc12. The van der Waals surface area contributed by atoms with Crippen molar-refractivity contribution >= 4 is 16.6 Å². The molecule has 1 aromatic carbocycles. The molecule has 0 radical (unpaired) electrons. The fourth-order valence-electron chi connectivity index (χ4n) is 2.17. The van der Waals surface area contributed by atoms with E-state index >= 15 is 0 Å². The molecule has 1 heterocycles. The van der Waals surface area contributed by atoms with E-state index in [-0.39, 0.29) is 6.61 Å². The minimum Gasteiger partial charge on any atom is -0.395 e. The second-order valence-electron chi connectivity index (χ2n) is 4.37. The Balaban J connectivity index is 2.52. The van der Waals surface area contributed by atoms with E-state index in [1.165, 1.54) is 0 Å². The molecule has 4 nitrogen and oxygen atoms in total. The zero-order valence-electron chi connectivity index (χ0n) is 10.9. The number of aryl methyl sites for hydroxylation is 1. The predicted molar refractivity (Wildman–Crippen MR) is 73.9 cm³/mol. The molecule has 4 heteroatoms. The third-order valence-electron chi connectivity index (χ3n) is 3.02. The minimum atomic E-state index is 0.129. The van der Waals surface area contributed by atoms with Gasteiger partial charge in [-0.05, 0) is 13.3 Å². The molecule has 18 heavy (non-hydrogen) atoms. The van der Waals surface area contributed by atoms with Gasteiger partial charge >= 0.3 is 0 Å². The second kappa shape index (κ2) is 5.78. The number of nitrogens with zero attached hydrogens (tertiary/aromatic N) is 3. The number of aliphatic hydroxyl groups is 1. The average Bonchev–Trinajstić information content (AvgIpc) is 2.39. The second-order valence-corrected chi connectivity index (χ2v) is 4.37. The van der Waals surface area contributed by atoms with Crippen molar-refractivity contribution in [3.63, 3.8) is 0 Å². The van der Waals surface area contributed by atoms with Crippen LogP contribution in [-0.2, 0) is 0 Å². The van der Waals surface area contributed by atoms with E-state index in [2.05, 4.69) is 34.2 Å². The van der Waals surface area contributed by atoms with E-state index in [9.17, 15) is 0 Å². The summed E-state index contributed by atoms with van der Waals surface area (Å²) in [6, 6.07) is 8.14. The molecule has 0 saturated carbocycles. The maximum absolute atomic E-state index is 9.16. The maximum Gasteiger partial charge on any atom is 0.159 e. The Morgan fingerprint density at radius 1 is 1.11 bits per heavy atom. The molecular weight excluding hydrogens is 226 g/mol. The van der Waals surface area contributed by atoms with E-state index in [0.717, 1.165) is 35.2 Å². The number of fused-ring (bicyclic) bond motifs is 1. The predicted octanol–water partition coefficient (Wildman–Crippen LogP) is 2.15. The van der Waals surface area contributed by atoms with Crippen LogP contribution in [-0.4, -0.2) is 35.0 Å². The minimum absolute atomic E-state index is 0.129. The lowest BCUT2D eigenvalue weighted by Crippen LogP contribution is -2.28. The molecule has 0 aliphatic rings. The molecule has 0 spiro atoms. The van der Waals surface area contributed by atoms with Gasteiger partial charge in [-0.1, -0.05) is 31.2 Å². The van der Waals surface area contributed by atoms with Gasteiger partial charge < -0.3 is 10.0 Å². The Morgan fingerprint density at radius 2 is 1.83 bits per heavy atom. The lowest BCUT2D eigenvalue weighted by Gasteiger charge is -2.23. The highest BCUT2D eigenvalue weighted by atomic mass is 16.3. The molecule has 0 saturated heterocycles. The van der Waals surface area contributed by atoms with Crippen LogP contribution >= 0.6 is 0 Å². The van der Waals surface area contributed by atoms with E-state index in [4.69, 9.17) is 5.11 Å². The Hall–Kier alpha value is -1.68. The van der Waals surface area contributed by atoms with E-state index in [0.29, 0.717) is 6.54 Å². The van der Waals surface area contributed by atoms with Gasteiger partial charge in [-0.25, -0.2) is 0 Å². The molecule has 1 aromatic heterocycles. The Bertz CT molecular complexity index is 521. The normalized spacial score (nSPS) is 10.8. The van der Waals surface area contributed by atoms with Gasteiger partial charge in [-0.15, -0.1) is 5.10 Å². The summed E-state index contributed by atoms with van der Waals surface area (Å²) in [5.74, 6) is 0.868. The van der Waals surface area contributed by atoms with Crippen molar-refractivity contribution in [1.29, 1.82) is 0 Å². The maximum atomic E-state index is 9.16. The average molecular weight is 245 g/mol. The number of benzene rings is 1. The Kier molecular flexibility index (Phi) is 4.10. The van der Waals surface area contributed by atoms with E-state index < -0.39 is 0 Å². The first kappa shape index (κ1) is 12.8. The monoisotopic (exact) mass is 245 g/mol. The molecule has 0 fully saturated rings. The van der Waals surface area contributed by atoms with Crippen LogP contribution in [0.2, 0.25) is 0 Å². The van der Waals surface area contributed by atoms with E-state index in [1.807, 2.05) is 19.1 Å². The van der Waals surface area contributed by atoms with Crippen LogP contribution in [0.25, 0.3) is 10.8 Å². The lowest BCUT2D eigenvalue weighted by atomic mass is 10.1. The molecular formula is C14H19N3O. The Labute approximate surface area is 107 Å². The van der Waals surface area contributed by atoms with Crippen LogP contribution in [0, 0.1) is 6.92 Å². The van der Waals surface area contributed by atoms with Crippen LogP contribution in [0.3, 0.4) is 0 Å². The number of aromatic nitrogens is 2. The van der Waals surface area contributed by atoms with Crippen LogP contribution in [0.4, 0.5) is 5.82 Å². The molecule has 2 rings (SSSR count). The summed E-state index contributed by atoms with van der Waals surface area (Å²) in [5, 5.41) is 19.9. The van der Waals surface area contributed by atoms with Crippen molar-refractivity contribution in [2.45, 2.75) is 20.3 Å². The Morgan fingerprint density at radius 3 is 2.50 bits per heavy atom. The van der Waals surface area contributed by atoms with Crippen molar-refractivity contribution in [2.24, 2.45) is 0 Å². The molecule has 0 bridgehead atoms. The van der Waals surface area contributed by atoms with Gasteiger partial charge in [-0.3, -0.25) is 0 Å². The van der Waals surface area contributed by atoms with Crippen LogP contribution in [0.15, 0.2) is 24.3 Å². The first-order valence-corrected chi connectivity index (χ1v) is 6.35. The van der Waals surface area contributed by atoms with Crippen molar-refractivity contribution < 1.29 is 5.11 Å². The van der Waals surface area contributed by atoms with Gasteiger partial charge in [0.15, 0.2) is 5.82 Å². The summed E-state index contributed by atoms with van der Waals surface area (Å²) in [7, 11) is 0. The summed E-state index contributed by atoms with van der Waals surface area (Å²) in [4.78, 5) is 2.09. The molecule has 0 aliphatic heterocycles. The molecule has 1 N–H and O–H groups in total. The summed E-state index contributed by atoms with van der Waals surface area (Å²) >= 11 is 0. The molecule has 0 amide bonds. The van der Waals surface area contributed by atoms with Gasteiger partial charge in [0, 0.05) is 23.9 Å². The highest BCUT2D eigenvalue weighted by Crippen LogP contribution is 2.25. The first-order chi connectivity index (χ1) is 8.77. The topological polar surface area (TPSA) is 49.2 Å². The van der Waals surface area contributed by atoms with Crippen molar-refractivity contribution in [2.75, 3.05) is 24.6 Å². The molecule has 0 unspecified atom stereocenters. The third kappa shape index (κ3) is 2.43. The quantitative estimate of drug-likeness (QED) is 0.877. The number of rotatable bonds is 5. The van der Waals surface area contributed by atoms with Gasteiger partial charge in [0.25, 0.3) is 0 Å². The van der Waals surface area contributed by atoms with Gasteiger partial charge in [-0.2, -0.15) is 5.10 Å².